The number of aromatic carboxylic acids is 1. The van der Waals surface area contributed by atoms with E-state index in [1.807, 2.05) is 0 Å². The van der Waals surface area contributed by atoms with Gasteiger partial charge in [0.1, 0.15) is 0 Å². The molecule has 3 N–H and O–H groups in total. The van der Waals surface area contributed by atoms with Crippen molar-refractivity contribution < 1.29 is 19.4 Å². The summed E-state index contributed by atoms with van der Waals surface area (Å²) in [7, 11) is 0. The molecule has 1 aromatic rings. The Morgan fingerprint density at radius 2 is 2.07 bits per heavy atom. The summed E-state index contributed by atoms with van der Waals surface area (Å²) in [5.41, 5.74) is 5.58. The zero-order valence-electron chi connectivity index (χ0n) is 8.19. The van der Waals surface area contributed by atoms with Crippen LogP contribution in [0.5, 0.6) is 0 Å². The van der Waals surface area contributed by atoms with Crippen molar-refractivity contribution >= 4 is 17.6 Å². The molecule has 0 fully saturated rings. The fourth-order valence-corrected chi connectivity index (χ4v) is 1.13. The molecule has 0 spiro atoms. The van der Waals surface area contributed by atoms with Crippen LogP contribution in [0.25, 0.3) is 0 Å². The van der Waals surface area contributed by atoms with Crippen molar-refractivity contribution in [3.05, 3.63) is 29.3 Å². The minimum Gasteiger partial charge on any atom is -0.478 e. The van der Waals surface area contributed by atoms with E-state index >= 15 is 0 Å². The normalized spacial score (nSPS) is 9.67. The number of hydrogen-bond acceptors (Lipinski definition) is 4. The second-order valence-electron chi connectivity index (χ2n) is 2.83. The van der Waals surface area contributed by atoms with E-state index in [-0.39, 0.29) is 17.7 Å². The SMILES string of the molecule is CCOC(=O)c1ccc(N)cc1C(=O)O. The van der Waals surface area contributed by atoms with Gasteiger partial charge in [-0.15, -0.1) is 0 Å². The topological polar surface area (TPSA) is 89.6 Å². The van der Waals surface area contributed by atoms with E-state index in [1.165, 1.54) is 18.2 Å². The first-order valence-electron chi connectivity index (χ1n) is 4.36. The molecule has 0 aliphatic heterocycles. The van der Waals surface area contributed by atoms with Crippen LogP contribution in [-0.2, 0) is 4.74 Å². The number of benzene rings is 1. The summed E-state index contributed by atoms with van der Waals surface area (Å²) in [6.45, 7) is 1.85. The molecular weight excluding hydrogens is 198 g/mol. The molecule has 15 heavy (non-hydrogen) atoms. The summed E-state index contributed by atoms with van der Waals surface area (Å²) in [5.74, 6) is -1.86. The van der Waals surface area contributed by atoms with E-state index in [2.05, 4.69) is 0 Å². The lowest BCUT2D eigenvalue weighted by molar-refractivity contribution is 0.0514. The standard InChI is InChI=1S/C10H11NO4/c1-2-15-10(14)7-4-3-6(11)5-8(7)9(12)13/h3-5H,2,11H2,1H3,(H,12,13). The quantitative estimate of drug-likeness (QED) is 0.575. The van der Waals surface area contributed by atoms with E-state index in [9.17, 15) is 9.59 Å². The molecule has 1 aromatic carbocycles. The Labute approximate surface area is 86.5 Å². The second-order valence-corrected chi connectivity index (χ2v) is 2.83. The molecule has 1 rings (SSSR count). The average molecular weight is 209 g/mol. The first-order chi connectivity index (χ1) is 7.06. The first kappa shape index (κ1) is 11.0. The summed E-state index contributed by atoms with van der Waals surface area (Å²) < 4.78 is 4.72. The van der Waals surface area contributed by atoms with Gasteiger partial charge in [0.05, 0.1) is 17.7 Å². The van der Waals surface area contributed by atoms with Crippen molar-refractivity contribution in [2.75, 3.05) is 12.3 Å². The van der Waals surface area contributed by atoms with Crippen molar-refractivity contribution in [1.29, 1.82) is 0 Å². The van der Waals surface area contributed by atoms with Crippen LogP contribution in [0.15, 0.2) is 18.2 Å². The van der Waals surface area contributed by atoms with Gasteiger partial charge < -0.3 is 15.6 Å². The smallest absolute Gasteiger partial charge is 0.338 e. The number of carboxylic acids is 1. The number of esters is 1. The number of carbonyl (C=O) groups excluding carboxylic acids is 1. The molecule has 0 saturated carbocycles. The van der Waals surface area contributed by atoms with E-state index in [0.29, 0.717) is 5.69 Å². The lowest BCUT2D eigenvalue weighted by atomic mass is 10.1. The Bertz CT molecular complexity index is 400. The van der Waals surface area contributed by atoms with Gasteiger partial charge in [0.25, 0.3) is 0 Å². The lowest BCUT2D eigenvalue weighted by Gasteiger charge is -2.05. The summed E-state index contributed by atoms with van der Waals surface area (Å²) >= 11 is 0. The molecule has 80 valence electrons. The number of ether oxygens (including phenoxy) is 1. The van der Waals surface area contributed by atoms with Gasteiger partial charge in [-0.3, -0.25) is 0 Å². The zero-order valence-corrected chi connectivity index (χ0v) is 8.19. The number of carbonyl (C=O) groups is 2. The Hall–Kier alpha value is -2.04. The fraction of sp³-hybridized carbons (Fsp3) is 0.200. The van der Waals surface area contributed by atoms with Crippen LogP contribution in [0.1, 0.15) is 27.6 Å². The van der Waals surface area contributed by atoms with Gasteiger partial charge in [0.2, 0.25) is 0 Å². The van der Waals surface area contributed by atoms with Crippen molar-refractivity contribution in [2.24, 2.45) is 0 Å². The predicted molar refractivity (Wildman–Crippen MR) is 53.8 cm³/mol. The van der Waals surface area contributed by atoms with Crippen LogP contribution < -0.4 is 5.73 Å². The van der Waals surface area contributed by atoms with Gasteiger partial charge >= 0.3 is 11.9 Å². The highest BCUT2D eigenvalue weighted by Crippen LogP contribution is 2.14. The average Bonchev–Trinajstić information content (AvgIpc) is 2.17. The van der Waals surface area contributed by atoms with Crippen LogP contribution in [0, 0.1) is 0 Å². The summed E-state index contributed by atoms with van der Waals surface area (Å²) in [5, 5.41) is 8.84. The maximum absolute atomic E-state index is 11.4. The molecule has 0 radical (unpaired) electrons. The van der Waals surface area contributed by atoms with Crippen LogP contribution in [-0.4, -0.2) is 23.7 Å². The van der Waals surface area contributed by atoms with Gasteiger partial charge in [-0.25, -0.2) is 9.59 Å². The van der Waals surface area contributed by atoms with E-state index < -0.39 is 11.9 Å². The molecule has 0 aliphatic rings. The third-order valence-corrected chi connectivity index (χ3v) is 1.77. The van der Waals surface area contributed by atoms with E-state index in [1.54, 1.807) is 6.92 Å². The van der Waals surface area contributed by atoms with Crippen LogP contribution >= 0.6 is 0 Å². The van der Waals surface area contributed by atoms with Gasteiger partial charge in [-0.05, 0) is 25.1 Å². The molecule has 0 saturated heterocycles. The monoisotopic (exact) mass is 209 g/mol. The van der Waals surface area contributed by atoms with Crippen molar-refractivity contribution in [1.82, 2.24) is 0 Å². The largest absolute Gasteiger partial charge is 0.478 e. The summed E-state index contributed by atoms with van der Waals surface area (Å²) in [6, 6.07) is 4.03. The third-order valence-electron chi connectivity index (χ3n) is 1.77. The van der Waals surface area contributed by atoms with Crippen molar-refractivity contribution in [2.45, 2.75) is 6.92 Å². The third kappa shape index (κ3) is 2.46. The fourth-order valence-electron chi connectivity index (χ4n) is 1.13. The molecule has 0 bridgehead atoms. The maximum Gasteiger partial charge on any atom is 0.338 e. The number of carboxylic acid groups (broad SMARTS) is 1. The highest BCUT2D eigenvalue weighted by Gasteiger charge is 2.17. The molecule has 5 heteroatoms. The van der Waals surface area contributed by atoms with Crippen molar-refractivity contribution in [3.8, 4) is 0 Å². The van der Waals surface area contributed by atoms with E-state index in [4.69, 9.17) is 15.6 Å². The van der Waals surface area contributed by atoms with E-state index in [0.717, 1.165) is 0 Å². The summed E-state index contributed by atoms with van der Waals surface area (Å²) in [4.78, 5) is 22.2. The number of anilines is 1. The Morgan fingerprint density at radius 1 is 1.40 bits per heavy atom. The number of hydrogen-bond donors (Lipinski definition) is 2. The zero-order chi connectivity index (χ0) is 11.4. The minimum atomic E-state index is -1.20. The van der Waals surface area contributed by atoms with Gasteiger partial charge in [0.15, 0.2) is 0 Å². The highest BCUT2D eigenvalue weighted by molar-refractivity contribution is 6.03. The molecule has 0 heterocycles. The minimum absolute atomic E-state index is 0.0125. The Kier molecular flexibility index (Phi) is 3.28. The first-order valence-corrected chi connectivity index (χ1v) is 4.36. The van der Waals surface area contributed by atoms with Crippen LogP contribution in [0.4, 0.5) is 5.69 Å². The number of nitrogen functional groups attached to an aromatic ring is 1. The molecular formula is C10H11NO4. The molecule has 0 atom stereocenters. The Morgan fingerprint density at radius 3 is 2.60 bits per heavy atom. The highest BCUT2D eigenvalue weighted by atomic mass is 16.5. The van der Waals surface area contributed by atoms with Gasteiger partial charge in [0, 0.05) is 5.69 Å². The van der Waals surface area contributed by atoms with Crippen LogP contribution in [0.2, 0.25) is 0 Å². The lowest BCUT2D eigenvalue weighted by Crippen LogP contribution is -2.12. The molecule has 0 aromatic heterocycles. The van der Waals surface area contributed by atoms with Crippen molar-refractivity contribution in [3.63, 3.8) is 0 Å². The van der Waals surface area contributed by atoms with Crippen LogP contribution in [0.3, 0.4) is 0 Å². The predicted octanol–water partition coefficient (Wildman–Crippen LogP) is 1.14. The number of rotatable bonds is 3. The second kappa shape index (κ2) is 4.45. The molecule has 0 unspecified atom stereocenters. The van der Waals surface area contributed by atoms with Gasteiger partial charge in [-0.1, -0.05) is 0 Å². The molecule has 0 aliphatic carbocycles. The van der Waals surface area contributed by atoms with Gasteiger partial charge in [-0.2, -0.15) is 0 Å². The Balaban J connectivity index is 3.17. The molecule has 5 nitrogen and oxygen atoms in total. The number of nitrogens with two attached hydrogens (primary N) is 1. The maximum atomic E-state index is 11.4. The summed E-state index contributed by atoms with van der Waals surface area (Å²) in [6.07, 6.45) is 0. The molecule has 0 amide bonds.